The summed E-state index contributed by atoms with van der Waals surface area (Å²) >= 11 is 0. The first-order chi connectivity index (χ1) is 19.6. The first-order valence-corrected chi connectivity index (χ1v) is 14.4. The quantitative estimate of drug-likeness (QED) is 0.343. The van der Waals surface area contributed by atoms with E-state index in [0.717, 1.165) is 69.9 Å². The number of hydrogen-bond acceptors (Lipinski definition) is 11. The number of ether oxygens (including phenoxy) is 2. The van der Waals surface area contributed by atoms with Crippen LogP contribution in [0.25, 0.3) is 0 Å². The van der Waals surface area contributed by atoms with E-state index in [2.05, 4.69) is 52.3 Å². The number of rotatable bonds is 11. The van der Waals surface area contributed by atoms with E-state index in [1.807, 2.05) is 38.4 Å². The highest BCUT2D eigenvalue weighted by Gasteiger charge is 2.33. The van der Waals surface area contributed by atoms with Gasteiger partial charge < -0.3 is 20.1 Å². The summed E-state index contributed by atoms with van der Waals surface area (Å²) in [5, 5.41) is 2.21. The van der Waals surface area contributed by atoms with Crippen molar-refractivity contribution in [3.63, 3.8) is 0 Å². The Bertz CT molecular complexity index is 1160. The molecule has 3 N–H and O–H groups in total. The molecule has 0 unspecified atom stereocenters. The van der Waals surface area contributed by atoms with E-state index in [9.17, 15) is 0 Å². The van der Waals surface area contributed by atoms with Crippen molar-refractivity contribution in [2.45, 2.75) is 58.2 Å². The van der Waals surface area contributed by atoms with Crippen LogP contribution in [0.1, 0.15) is 45.1 Å². The molecule has 4 heterocycles. The van der Waals surface area contributed by atoms with Crippen molar-refractivity contribution >= 4 is 17.6 Å². The third-order valence-electron chi connectivity index (χ3n) is 7.59. The predicted molar refractivity (Wildman–Crippen MR) is 156 cm³/mol. The monoisotopic (exact) mass is 547 g/mol. The third kappa shape index (κ3) is 6.89. The number of aromatic nitrogens is 4. The lowest BCUT2D eigenvalue weighted by Gasteiger charge is -2.45. The van der Waals surface area contributed by atoms with Crippen LogP contribution in [0.15, 0.2) is 49.1 Å². The lowest BCUT2D eigenvalue weighted by Crippen LogP contribution is -2.53. The fourth-order valence-corrected chi connectivity index (χ4v) is 5.71. The molecule has 0 aliphatic carbocycles. The van der Waals surface area contributed by atoms with Gasteiger partial charge in [-0.05, 0) is 69.4 Å². The molecule has 1 aromatic carbocycles. The summed E-state index contributed by atoms with van der Waals surface area (Å²) in [5.41, 5.74) is 11.4. The standard InChI is InChI=1S/C29H41N9O2/c1-3-39-25-19-22(20-26(27(25)30)40-4-2)21-36-15-7-23(8-16-36)38(29-33-13-6-14-34-29)24-9-17-37(18-10-24)35-28-31-11-5-12-32-28/h5-6,11-14,19-20,23-24H,3-4,7-10,15-18,21,30H2,1-2H3,(H,31,32,35). The maximum absolute atomic E-state index is 6.29. The summed E-state index contributed by atoms with van der Waals surface area (Å²) < 4.78 is 11.6. The van der Waals surface area contributed by atoms with Crippen LogP contribution in [-0.4, -0.2) is 81.3 Å². The Labute approximate surface area is 236 Å². The molecule has 2 fully saturated rings. The lowest BCUT2D eigenvalue weighted by molar-refractivity contribution is 0.183. The van der Waals surface area contributed by atoms with Crippen molar-refractivity contribution in [2.75, 3.05) is 55.5 Å². The molecule has 2 aromatic heterocycles. The van der Waals surface area contributed by atoms with E-state index >= 15 is 0 Å². The van der Waals surface area contributed by atoms with Gasteiger partial charge in [-0.1, -0.05) is 0 Å². The fraction of sp³-hybridized carbons (Fsp3) is 0.517. The van der Waals surface area contributed by atoms with Crippen molar-refractivity contribution < 1.29 is 9.47 Å². The first kappa shape index (κ1) is 27.9. The molecule has 0 atom stereocenters. The molecule has 2 saturated heterocycles. The fourth-order valence-electron chi connectivity index (χ4n) is 5.71. The second-order valence-electron chi connectivity index (χ2n) is 10.2. The Balaban J connectivity index is 1.22. The molecular formula is C29H41N9O2. The second kappa shape index (κ2) is 13.6. The zero-order valence-electron chi connectivity index (χ0n) is 23.6. The van der Waals surface area contributed by atoms with Gasteiger partial charge >= 0.3 is 0 Å². The smallest absolute Gasteiger partial charge is 0.237 e. The Morgan fingerprint density at radius 3 is 1.90 bits per heavy atom. The third-order valence-corrected chi connectivity index (χ3v) is 7.59. The van der Waals surface area contributed by atoms with Crippen LogP contribution in [-0.2, 0) is 6.54 Å². The summed E-state index contributed by atoms with van der Waals surface area (Å²) in [6.45, 7) is 9.72. The molecule has 0 spiro atoms. The molecule has 11 heteroatoms. The van der Waals surface area contributed by atoms with E-state index in [0.29, 0.717) is 48.4 Å². The number of hydrazine groups is 1. The SMILES string of the molecule is CCOc1cc(CN2CCC(N(c3ncccn3)C3CCN(Nc4ncccn4)CC3)CC2)cc(OCC)c1N. The number of benzene rings is 1. The van der Waals surface area contributed by atoms with Gasteiger partial charge in [-0.3, -0.25) is 10.3 Å². The minimum absolute atomic E-state index is 0.383. The number of hydrogen-bond donors (Lipinski definition) is 2. The van der Waals surface area contributed by atoms with Crippen LogP contribution >= 0.6 is 0 Å². The van der Waals surface area contributed by atoms with E-state index in [1.165, 1.54) is 0 Å². The van der Waals surface area contributed by atoms with Crippen LogP contribution < -0.4 is 25.5 Å². The number of likely N-dealkylation sites (tertiary alicyclic amines) is 1. The summed E-state index contributed by atoms with van der Waals surface area (Å²) in [5.74, 6) is 2.87. The van der Waals surface area contributed by atoms with Gasteiger partial charge in [0.25, 0.3) is 0 Å². The molecule has 0 amide bonds. The molecule has 214 valence electrons. The van der Waals surface area contributed by atoms with Gasteiger partial charge in [-0.15, -0.1) is 0 Å². The van der Waals surface area contributed by atoms with E-state index < -0.39 is 0 Å². The molecule has 0 radical (unpaired) electrons. The van der Waals surface area contributed by atoms with Gasteiger partial charge in [0, 0.05) is 69.6 Å². The average Bonchev–Trinajstić information content (AvgIpc) is 2.99. The number of anilines is 3. The maximum Gasteiger partial charge on any atom is 0.237 e. The van der Waals surface area contributed by atoms with Gasteiger partial charge in [0.2, 0.25) is 11.9 Å². The molecular weight excluding hydrogens is 506 g/mol. The van der Waals surface area contributed by atoms with Crippen molar-refractivity contribution in [1.29, 1.82) is 0 Å². The predicted octanol–water partition coefficient (Wildman–Crippen LogP) is 3.61. The van der Waals surface area contributed by atoms with Crippen LogP contribution in [0, 0.1) is 0 Å². The maximum atomic E-state index is 6.29. The Morgan fingerprint density at radius 2 is 1.35 bits per heavy atom. The zero-order valence-corrected chi connectivity index (χ0v) is 23.6. The molecule has 2 aliphatic heterocycles. The highest BCUT2D eigenvalue weighted by atomic mass is 16.5. The normalized spacial score (nSPS) is 17.4. The second-order valence-corrected chi connectivity index (χ2v) is 10.2. The van der Waals surface area contributed by atoms with Gasteiger partial charge in [-0.2, -0.15) is 0 Å². The number of nitrogens with zero attached hydrogens (tertiary/aromatic N) is 7. The topological polar surface area (TPSA) is 118 Å². The molecule has 0 bridgehead atoms. The zero-order chi connectivity index (χ0) is 27.7. The van der Waals surface area contributed by atoms with Crippen molar-refractivity contribution in [2.24, 2.45) is 0 Å². The number of nitrogen functional groups attached to an aromatic ring is 1. The van der Waals surface area contributed by atoms with Crippen molar-refractivity contribution in [3.05, 3.63) is 54.6 Å². The number of piperidine rings is 2. The summed E-state index contributed by atoms with van der Waals surface area (Å²) in [7, 11) is 0. The van der Waals surface area contributed by atoms with Gasteiger partial charge in [0.1, 0.15) is 17.2 Å². The molecule has 2 aliphatic rings. The Kier molecular flexibility index (Phi) is 9.46. The Morgan fingerprint density at radius 1 is 0.825 bits per heavy atom. The minimum atomic E-state index is 0.383. The molecule has 5 rings (SSSR count). The summed E-state index contributed by atoms with van der Waals surface area (Å²) in [4.78, 5) is 23.0. The average molecular weight is 548 g/mol. The minimum Gasteiger partial charge on any atom is -0.492 e. The summed E-state index contributed by atoms with van der Waals surface area (Å²) in [6.07, 6.45) is 11.4. The van der Waals surface area contributed by atoms with Crippen molar-refractivity contribution in [1.82, 2.24) is 29.8 Å². The van der Waals surface area contributed by atoms with Crippen LogP contribution in [0.4, 0.5) is 17.6 Å². The van der Waals surface area contributed by atoms with Gasteiger partial charge in [-0.25, -0.2) is 24.9 Å². The number of nitrogens with one attached hydrogen (secondary N) is 1. The summed E-state index contributed by atoms with van der Waals surface area (Å²) in [6, 6.07) is 8.60. The molecule has 0 saturated carbocycles. The lowest BCUT2D eigenvalue weighted by atomic mass is 9.96. The van der Waals surface area contributed by atoms with Crippen molar-refractivity contribution in [3.8, 4) is 11.5 Å². The molecule has 40 heavy (non-hydrogen) atoms. The van der Waals surface area contributed by atoms with Gasteiger partial charge in [0.15, 0.2) is 0 Å². The molecule has 3 aromatic rings. The highest BCUT2D eigenvalue weighted by molar-refractivity contribution is 5.64. The van der Waals surface area contributed by atoms with Gasteiger partial charge in [0.05, 0.1) is 13.2 Å². The highest BCUT2D eigenvalue weighted by Crippen LogP contribution is 2.35. The van der Waals surface area contributed by atoms with Crippen LogP contribution in [0.2, 0.25) is 0 Å². The van der Waals surface area contributed by atoms with E-state index in [1.54, 1.807) is 12.4 Å². The number of nitrogens with two attached hydrogens (primary N) is 1. The van der Waals surface area contributed by atoms with Crippen LogP contribution in [0.3, 0.4) is 0 Å². The Hall–Kier alpha value is -3.70. The molecule has 11 nitrogen and oxygen atoms in total. The first-order valence-electron chi connectivity index (χ1n) is 14.4. The van der Waals surface area contributed by atoms with E-state index in [4.69, 9.17) is 15.2 Å². The van der Waals surface area contributed by atoms with Crippen LogP contribution in [0.5, 0.6) is 11.5 Å². The largest absolute Gasteiger partial charge is 0.492 e. The van der Waals surface area contributed by atoms with E-state index in [-0.39, 0.29) is 0 Å².